The molecule has 0 saturated carbocycles. The Morgan fingerprint density at radius 3 is 2.48 bits per heavy atom. The quantitative estimate of drug-likeness (QED) is 0.660. The number of amides is 1. The zero-order chi connectivity index (χ0) is 20.4. The van der Waals surface area contributed by atoms with Crippen LogP contribution in [-0.4, -0.2) is 60.1 Å². The van der Waals surface area contributed by atoms with Crippen LogP contribution in [0.5, 0.6) is 0 Å². The molecule has 3 aromatic rings. The number of aromatic nitrogens is 1. The molecule has 1 aromatic heterocycles. The van der Waals surface area contributed by atoms with Gasteiger partial charge in [-0.25, -0.2) is 0 Å². The van der Waals surface area contributed by atoms with E-state index in [0.29, 0.717) is 6.42 Å². The van der Waals surface area contributed by atoms with Crippen molar-refractivity contribution in [2.45, 2.75) is 19.0 Å². The van der Waals surface area contributed by atoms with Crippen LogP contribution in [-0.2, 0) is 17.8 Å². The van der Waals surface area contributed by atoms with E-state index in [0.717, 1.165) is 66.1 Å². The van der Waals surface area contributed by atoms with Gasteiger partial charge in [0.15, 0.2) is 5.58 Å². The first-order valence-electron chi connectivity index (χ1n) is 9.93. The van der Waals surface area contributed by atoms with E-state index in [-0.39, 0.29) is 0 Å². The number of carbonyl (C=O) groups is 1. The summed E-state index contributed by atoms with van der Waals surface area (Å²) in [7, 11) is 2.15. The first kappa shape index (κ1) is 19.6. The van der Waals surface area contributed by atoms with Gasteiger partial charge >= 0.3 is 0 Å². The molecule has 2 heterocycles. The molecule has 1 amide bonds. The maximum absolute atomic E-state index is 11.2. The fraction of sp³-hybridized carbons (Fsp3) is 0.364. The summed E-state index contributed by atoms with van der Waals surface area (Å²) in [5.74, 6) is -0.486. The Labute approximate surface area is 170 Å². The molecule has 4 rings (SSSR count). The summed E-state index contributed by atoms with van der Waals surface area (Å²) in [5.41, 5.74) is 16.0. The molecule has 1 fully saturated rings. The zero-order valence-electron chi connectivity index (χ0n) is 16.7. The molecule has 1 saturated heterocycles. The zero-order valence-corrected chi connectivity index (χ0v) is 16.7. The number of nitrogens with zero attached hydrogens (tertiary/aromatic N) is 3. The second-order valence-corrected chi connectivity index (χ2v) is 7.83. The molecule has 7 heteroatoms. The number of fused-ring (bicyclic) bond motifs is 1. The smallest absolute Gasteiger partial charge is 0.234 e. The van der Waals surface area contributed by atoms with Crippen molar-refractivity contribution in [2.24, 2.45) is 11.5 Å². The molecule has 1 aliphatic rings. The van der Waals surface area contributed by atoms with Gasteiger partial charge in [-0.1, -0.05) is 35.5 Å². The minimum Gasteiger partial charge on any atom is -0.368 e. The maximum Gasteiger partial charge on any atom is 0.234 e. The number of hydrogen-bond donors (Lipinski definition) is 2. The number of primary amides is 1. The van der Waals surface area contributed by atoms with Crippen molar-refractivity contribution in [2.75, 3.05) is 33.2 Å². The van der Waals surface area contributed by atoms with Crippen molar-refractivity contribution in [3.05, 3.63) is 53.7 Å². The van der Waals surface area contributed by atoms with Gasteiger partial charge in [-0.05, 0) is 42.3 Å². The lowest BCUT2D eigenvalue weighted by atomic mass is 9.99. The Bertz CT molecular complexity index is 990. The predicted octanol–water partition coefficient (Wildman–Crippen LogP) is 1.60. The number of benzene rings is 2. The van der Waals surface area contributed by atoms with E-state index >= 15 is 0 Å². The molecule has 0 unspecified atom stereocenters. The third-order valence-corrected chi connectivity index (χ3v) is 5.62. The number of likely N-dealkylation sites (N-methyl/N-ethyl adjacent to an activating group) is 1. The Hall–Kier alpha value is -2.74. The summed E-state index contributed by atoms with van der Waals surface area (Å²) in [5, 5.41) is 5.38. The van der Waals surface area contributed by atoms with Gasteiger partial charge in [0, 0.05) is 38.1 Å². The fourth-order valence-corrected chi connectivity index (χ4v) is 3.69. The van der Waals surface area contributed by atoms with Crippen LogP contribution in [0.25, 0.3) is 22.1 Å². The van der Waals surface area contributed by atoms with E-state index in [1.54, 1.807) is 0 Å². The van der Waals surface area contributed by atoms with E-state index < -0.39 is 11.9 Å². The van der Waals surface area contributed by atoms with Crippen LogP contribution in [0, 0.1) is 0 Å². The SMILES string of the molecule is CN1CCN(Cc2noc3ccc(-c4ccc(C[C@H](N)C(N)=O)cc4)cc23)CC1. The number of carbonyl (C=O) groups excluding carboxylic acids is 1. The average Bonchev–Trinajstić information content (AvgIpc) is 3.12. The predicted molar refractivity (Wildman–Crippen MR) is 113 cm³/mol. The van der Waals surface area contributed by atoms with Gasteiger partial charge in [0.1, 0.15) is 5.69 Å². The minimum atomic E-state index is -0.661. The summed E-state index contributed by atoms with van der Waals surface area (Å²) >= 11 is 0. The van der Waals surface area contributed by atoms with Crippen molar-refractivity contribution >= 4 is 16.9 Å². The highest BCUT2D eigenvalue weighted by molar-refractivity contribution is 5.85. The molecule has 29 heavy (non-hydrogen) atoms. The van der Waals surface area contributed by atoms with E-state index in [9.17, 15) is 4.79 Å². The number of piperazine rings is 1. The summed E-state index contributed by atoms with van der Waals surface area (Å²) in [6.07, 6.45) is 0.440. The summed E-state index contributed by atoms with van der Waals surface area (Å²) < 4.78 is 5.54. The van der Waals surface area contributed by atoms with Crippen LogP contribution in [0.1, 0.15) is 11.3 Å². The van der Waals surface area contributed by atoms with E-state index in [4.69, 9.17) is 16.0 Å². The summed E-state index contributed by atoms with van der Waals surface area (Å²) in [6.45, 7) is 5.03. The minimum absolute atomic E-state index is 0.440. The van der Waals surface area contributed by atoms with Crippen LogP contribution in [0.3, 0.4) is 0 Å². The molecule has 0 spiro atoms. The van der Waals surface area contributed by atoms with E-state index in [2.05, 4.69) is 28.1 Å². The highest BCUT2D eigenvalue weighted by Crippen LogP contribution is 2.27. The van der Waals surface area contributed by atoms with Gasteiger partial charge in [0.2, 0.25) is 5.91 Å². The molecule has 2 aromatic carbocycles. The molecular weight excluding hydrogens is 366 g/mol. The highest BCUT2D eigenvalue weighted by atomic mass is 16.5. The number of hydrogen-bond acceptors (Lipinski definition) is 6. The molecule has 4 N–H and O–H groups in total. The Balaban J connectivity index is 1.53. The monoisotopic (exact) mass is 393 g/mol. The second-order valence-electron chi connectivity index (χ2n) is 7.83. The Morgan fingerprint density at radius 1 is 1.10 bits per heavy atom. The van der Waals surface area contributed by atoms with Crippen molar-refractivity contribution in [1.82, 2.24) is 15.0 Å². The topological polar surface area (TPSA) is 102 Å². The second kappa shape index (κ2) is 8.32. The third kappa shape index (κ3) is 4.48. The molecule has 0 radical (unpaired) electrons. The van der Waals surface area contributed by atoms with Crippen LogP contribution >= 0.6 is 0 Å². The van der Waals surface area contributed by atoms with Crippen molar-refractivity contribution in [3.8, 4) is 11.1 Å². The van der Waals surface area contributed by atoms with Crippen LogP contribution in [0.2, 0.25) is 0 Å². The third-order valence-electron chi connectivity index (χ3n) is 5.62. The Morgan fingerprint density at radius 2 is 1.79 bits per heavy atom. The van der Waals surface area contributed by atoms with Gasteiger partial charge in [0.25, 0.3) is 0 Å². The van der Waals surface area contributed by atoms with Gasteiger partial charge < -0.3 is 20.9 Å². The van der Waals surface area contributed by atoms with E-state index in [1.807, 2.05) is 36.4 Å². The molecule has 1 atom stereocenters. The van der Waals surface area contributed by atoms with Crippen molar-refractivity contribution in [3.63, 3.8) is 0 Å². The average molecular weight is 393 g/mol. The fourth-order valence-electron chi connectivity index (χ4n) is 3.69. The highest BCUT2D eigenvalue weighted by Gasteiger charge is 2.18. The number of nitrogens with two attached hydrogens (primary N) is 2. The molecule has 1 aliphatic heterocycles. The van der Waals surface area contributed by atoms with Crippen LogP contribution in [0.15, 0.2) is 47.0 Å². The van der Waals surface area contributed by atoms with Crippen LogP contribution < -0.4 is 11.5 Å². The molecule has 7 nitrogen and oxygen atoms in total. The molecular formula is C22H27N5O2. The lowest BCUT2D eigenvalue weighted by Crippen LogP contribution is -2.43. The molecule has 0 bridgehead atoms. The number of rotatable bonds is 6. The first-order valence-corrected chi connectivity index (χ1v) is 9.93. The van der Waals surface area contributed by atoms with E-state index in [1.165, 1.54) is 0 Å². The standard InChI is InChI=1S/C22H27N5O2/c1-26-8-10-27(11-9-26)14-20-18-13-17(6-7-21(18)29-25-20)16-4-2-15(3-5-16)12-19(23)22(24)28/h2-7,13,19H,8-12,14,23H2,1H3,(H2,24,28)/t19-/m0/s1. The van der Waals surface area contributed by atoms with Crippen molar-refractivity contribution in [1.29, 1.82) is 0 Å². The van der Waals surface area contributed by atoms with Crippen molar-refractivity contribution < 1.29 is 9.32 Å². The Kier molecular flexibility index (Phi) is 5.62. The van der Waals surface area contributed by atoms with Crippen LogP contribution in [0.4, 0.5) is 0 Å². The van der Waals surface area contributed by atoms with Gasteiger partial charge in [-0.3, -0.25) is 9.69 Å². The molecule has 0 aliphatic carbocycles. The maximum atomic E-state index is 11.2. The van der Waals surface area contributed by atoms with Gasteiger partial charge in [-0.15, -0.1) is 0 Å². The lowest BCUT2D eigenvalue weighted by Gasteiger charge is -2.31. The van der Waals surface area contributed by atoms with Gasteiger partial charge in [0.05, 0.1) is 6.04 Å². The first-order chi connectivity index (χ1) is 14.0. The lowest BCUT2D eigenvalue weighted by molar-refractivity contribution is -0.119. The van der Waals surface area contributed by atoms with Gasteiger partial charge in [-0.2, -0.15) is 0 Å². The summed E-state index contributed by atoms with van der Waals surface area (Å²) in [6, 6.07) is 13.5. The largest absolute Gasteiger partial charge is 0.368 e. The normalized spacial score (nSPS) is 16.9. The summed E-state index contributed by atoms with van der Waals surface area (Å²) in [4.78, 5) is 15.9. The molecule has 152 valence electrons.